The number of ether oxygens (including phenoxy) is 1. The number of amides is 1. The van der Waals surface area contributed by atoms with Gasteiger partial charge in [-0.1, -0.05) is 30.3 Å². The molecule has 1 saturated heterocycles. The lowest BCUT2D eigenvalue weighted by Gasteiger charge is -2.34. The van der Waals surface area contributed by atoms with Gasteiger partial charge in [0.25, 0.3) is 5.91 Å². The van der Waals surface area contributed by atoms with Crippen molar-refractivity contribution in [2.45, 2.75) is 12.1 Å². The van der Waals surface area contributed by atoms with E-state index in [1.165, 1.54) is 7.11 Å². The normalized spacial score (nSPS) is 22.0. The number of hydrogen-bond acceptors (Lipinski definition) is 5. The molecule has 7 nitrogen and oxygen atoms in total. The molecule has 1 unspecified atom stereocenters. The maximum absolute atomic E-state index is 12.6. The van der Waals surface area contributed by atoms with Gasteiger partial charge in [0.1, 0.15) is 6.04 Å². The van der Waals surface area contributed by atoms with Crippen LogP contribution in [-0.4, -0.2) is 61.5 Å². The van der Waals surface area contributed by atoms with Crippen molar-refractivity contribution in [3.8, 4) is 0 Å². The van der Waals surface area contributed by atoms with Crippen LogP contribution in [0.4, 0.5) is 0 Å². The Morgan fingerprint density at radius 3 is 2.50 bits per heavy atom. The molecule has 1 aromatic carbocycles. The Hall–Kier alpha value is -1.93. The summed E-state index contributed by atoms with van der Waals surface area (Å²) in [5.74, 6) is -2.69. The van der Waals surface area contributed by atoms with Gasteiger partial charge in [0.05, 0.1) is 11.5 Å². The lowest BCUT2D eigenvalue weighted by molar-refractivity contribution is -0.154. The average Bonchev–Trinajstić information content (AvgIpc) is 2.48. The topological polar surface area (TPSA) is 101 Å². The SMILES string of the molecule is CO[C@@H](C(=O)N1CCS(=O)(=O)CC1C(=O)O)c1ccccc1. The van der Waals surface area contributed by atoms with E-state index in [0.717, 1.165) is 4.90 Å². The number of carboxylic acid groups (broad SMARTS) is 1. The summed E-state index contributed by atoms with van der Waals surface area (Å²) in [6.07, 6.45) is -0.955. The van der Waals surface area contributed by atoms with Gasteiger partial charge >= 0.3 is 5.97 Å². The molecule has 1 heterocycles. The molecular weight excluding hydrogens is 310 g/mol. The highest BCUT2D eigenvalue weighted by atomic mass is 32.2. The number of methoxy groups -OCH3 is 1. The van der Waals surface area contributed by atoms with Gasteiger partial charge in [-0.25, -0.2) is 13.2 Å². The van der Waals surface area contributed by atoms with Crippen LogP contribution in [0.15, 0.2) is 30.3 Å². The van der Waals surface area contributed by atoms with Crippen molar-refractivity contribution in [3.63, 3.8) is 0 Å². The van der Waals surface area contributed by atoms with Gasteiger partial charge in [-0.2, -0.15) is 0 Å². The van der Waals surface area contributed by atoms with Crippen molar-refractivity contribution >= 4 is 21.7 Å². The zero-order valence-electron chi connectivity index (χ0n) is 12.0. The molecule has 2 atom stereocenters. The number of sulfone groups is 1. The summed E-state index contributed by atoms with van der Waals surface area (Å²) in [7, 11) is -2.10. The lowest BCUT2D eigenvalue weighted by atomic mass is 10.1. The number of carboxylic acids is 1. The van der Waals surface area contributed by atoms with Crippen LogP contribution in [0.25, 0.3) is 0 Å². The Bertz CT molecular complexity index is 657. The predicted molar refractivity (Wildman–Crippen MR) is 78.0 cm³/mol. The van der Waals surface area contributed by atoms with Gasteiger partial charge in [0.15, 0.2) is 15.9 Å². The van der Waals surface area contributed by atoms with E-state index in [1.54, 1.807) is 30.3 Å². The maximum Gasteiger partial charge on any atom is 0.327 e. The zero-order chi connectivity index (χ0) is 16.3. The number of carbonyl (C=O) groups is 2. The molecule has 0 bridgehead atoms. The van der Waals surface area contributed by atoms with Crippen LogP contribution < -0.4 is 0 Å². The second-order valence-corrected chi connectivity index (χ2v) is 7.26. The summed E-state index contributed by atoms with van der Waals surface area (Å²) in [5, 5.41) is 9.22. The molecule has 8 heteroatoms. The van der Waals surface area contributed by atoms with Crippen LogP contribution in [0.5, 0.6) is 0 Å². The quantitative estimate of drug-likeness (QED) is 0.841. The average molecular weight is 327 g/mol. The highest BCUT2D eigenvalue weighted by Gasteiger charge is 2.41. The Kier molecular flexibility index (Phi) is 4.82. The van der Waals surface area contributed by atoms with E-state index in [9.17, 15) is 23.1 Å². The molecule has 0 radical (unpaired) electrons. The highest BCUT2D eigenvalue weighted by Crippen LogP contribution is 2.23. The van der Waals surface area contributed by atoms with Gasteiger partial charge in [-0.3, -0.25) is 4.79 Å². The number of benzene rings is 1. The van der Waals surface area contributed by atoms with E-state index in [2.05, 4.69) is 0 Å². The van der Waals surface area contributed by atoms with Gasteiger partial charge in [0.2, 0.25) is 0 Å². The fourth-order valence-electron chi connectivity index (χ4n) is 2.43. The van der Waals surface area contributed by atoms with E-state index in [4.69, 9.17) is 4.74 Å². The molecule has 1 fully saturated rings. The van der Waals surface area contributed by atoms with Crippen LogP contribution in [0, 0.1) is 0 Å². The summed E-state index contributed by atoms with van der Waals surface area (Å²) in [6, 6.07) is 7.28. The summed E-state index contributed by atoms with van der Waals surface area (Å²) in [6.45, 7) is -0.148. The maximum atomic E-state index is 12.6. The minimum atomic E-state index is -3.46. The first kappa shape index (κ1) is 16.4. The fourth-order valence-corrected chi connectivity index (χ4v) is 3.88. The monoisotopic (exact) mass is 327 g/mol. The van der Waals surface area contributed by atoms with Crippen molar-refractivity contribution in [1.82, 2.24) is 4.90 Å². The molecule has 2 rings (SSSR count). The lowest BCUT2D eigenvalue weighted by Crippen LogP contribution is -2.56. The Morgan fingerprint density at radius 2 is 1.95 bits per heavy atom. The molecule has 1 N–H and O–H groups in total. The summed E-state index contributed by atoms with van der Waals surface area (Å²) < 4.78 is 28.4. The van der Waals surface area contributed by atoms with Crippen LogP contribution in [-0.2, 0) is 24.2 Å². The van der Waals surface area contributed by atoms with Crippen molar-refractivity contribution < 1.29 is 27.9 Å². The first-order chi connectivity index (χ1) is 10.4. The molecule has 0 saturated carbocycles. The van der Waals surface area contributed by atoms with Gasteiger partial charge in [0, 0.05) is 13.7 Å². The number of nitrogens with zero attached hydrogens (tertiary/aromatic N) is 1. The molecule has 120 valence electrons. The smallest absolute Gasteiger partial charge is 0.327 e. The molecule has 0 aliphatic carbocycles. The molecular formula is C14H17NO6S. The molecule has 0 aromatic heterocycles. The minimum Gasteiger partial charge on any atom is -0.480 e. The third-order valence-electron chi connectivity index (χ3n) is 3.56. The highest BCUT2D eigenvalue weighted by molar-refractivity contribution is 7.91. The van der Waals surface area contributed by atoms with E-state index >= 15 is 0 Å². The molecule has 1 aliphatic rings. The first-order valence-corrected chi connectivity index (χ1v) is 8.49. The van der Waals surface area contributed by atoms with E-state index < -0.39 is 39.6 Å². The van der Waals surface area contributed by atoms with Gasteiger partial charge in [-0.15, -0.1) is 0 Å². The van der Waals surface area contributed by atoms with Crippen LogP contribution >= 0.6 is 0 Å². The zero-order valence-corrected chi connectivity index (χ0v) is 12.8. The molecule has 1 aliphatic heterocycles. The number of carbonyl (C=O) groups excluding carboxylic acids is 1. The Balaban J connectivity index is 2.28. The third-order valence-corrected chi connectivity index (χ3v) is 5.19. The second-order valence-electron chi connectivity index (χ2n) is 5.03. The van der Waals surface area contributed by atoms with Crippen molar-refractivity contribution in [1.29, 1.82) is 0 Å². The Labute approximate surface area is 128 Å². The molecule has 1 aromatic rings. The van der Waals surface area contributed by atoms with E-state index in [-0.39, 0.29) is 12.3 Å². The van der Waals surface area contributed by atoms with Crippen molar-refractivity contribution in [2.75, 3.05) is 25.2 Å². The number of aliphatic carboxylic acids is 1. The fraction of sp³-hybridized carbons (Fsp3) is 0.429. The van der Waals surface area contributed by atoms with Crippen molar-refractivity contribution in [3.05, 3.63) is 35.9 Å². The standard InChI is InChI=1S/C14H17NO6S/c1-21-12(10-5-3-2-4-6-10)13(16)15-7-8-22(19,20)9-11(15)14(17)18/h2-6,11-12H,7-9H2,1H3,(H,17,18)/t11?,12-/m1/s1. The minimum absolute atomic E-state index is 0.148. The van der Waals surface area contributed by atoms with Crippen LogP contribution in [0.3, 0.4) is 0 Å². The van der Waals surface area contributed by atoms with Crippen LogP contribution in [0.1, 0.15) is 11.7 Å². The van der Waals surface area contributed by atoms with Gasteiger partial charge < -0.3 is 14.7 Å². The number of hydrogen-bond donors (Lipinski definition) is 1. The van der Waals surface area contributed by atoms with E-state index in [1.807, 2.05) is 0 Å². The van der Waals surface area contributed by atoms with E-state index in [0.29, 0.717) is 5.56 Å². The number of rotatable bonds is 4. The first-order valence-electron chi connectivity index (χ1n) is 6.67. The molecule has 0 spiro atoms. The summed E-state index contributed by atoms with van der Waals surface area (Å²) in [4.78, 5) is 25.0. The molecule has 22 heavy (non-hydrogen) atoms. The second kappa shape index (κ2) is 6.45. The third kappa shape index (κ3) is 3.45. The summed E-state index contributed by atoms with van der Waals surface area (Å²) in [5.41, 5.74) is 0.590. The van der Waals surface area contributed by atoms with Crippen molar-refractivity contribution in [2.24, 2.45) is 0 Å². The largest absolute Gasteiger partial charge is 0.480 e. The van der Waals surface area contributed by atoms with Gasteiger partial charge in [-0.05, 0) is 5.56 Å². The Morgan fingerprint density at radius 1 is 1.32 bits per heavy atom. The predicted octanol–water partition coefficient (Wildman–Crippen LogP) is 0.0843. The van der Waals surface area contributed by atoms with Crippen LogP contribution in [0.2, 0.25) is 0 Å². The summed E-state index contributed by atoms with van der Waals surface area (Å²) >= 11 is 0. The molecule has 1 amide bonds.